The maximum absolute atomic E-state index is 12.1. The fraction of sp³-hybridized carbons (Fsp3) is 0.650. The third kappa shape index (κ3) is 7.04. The number of nitrogens with one attached hydrogen (secondary N) is 1. The van der Waals surface area contributed by atoms with Crippen molar-refractivity contribution in [3.8, 4) is 5.75 Å². The van der Waals surface area contributed by atoms with Crippen molar-refractivity contribution >= 4 is 5.91 Å². The van der Waals surface area contributed by atoms with E-state index < -0.39 is 0 Å². The number of amides is 1. The first-order chi connectivity index (χ1) is 12.1. The van der Waals surface area contributed by atoms with Crippen LogP contribution in [0.1, 0.15) is 32.3 Å². The highest BCUT2D eigenvalue weighted by molar-refractivity contribution is 5.75. The molecule has 0 spiro atoms. The molecule has 1 heterocycles. The number of hydrogen-bond donors (Lipinski definition) is 1. The zero-order valence-corrected chi connectivity index (χ0v) is 15.8. The lowest BCUT2D eigenvalue weighted by Crippen LogP contribution is -2.51. The van der Waals surface area contributed by atoms with Crippen LogP contribution in [-0.2, 0) is 9.53 Å². The van der Waals surface area contributed by atoms with Gasteiger partial charge in [-0.2, -0.15) is 0 Å². The minimum absolute atomic E-state index is 0.103. The average Bonchev–Trinajstić information content (AvgIpc) is 2.60. The molecule has 2 rings (SSSR count). The number of ether oxygens (including phenoxy) is 2. The van der Waals surface area contributed by atoms with Gasteiger partial charge in [0.2, 0.25) is 5.91 Å². The third-order valence-electron chi connectivity index (χ3n) is 4.60. The Bertz CT molecular complexity index is 527. The Morgan fingerprint density at radius 2 is 2.08 bits per heavy atom. The van der Waals surface area contributed by atoms with Gasteiger partial charge in [-0.25, -0.2) is 0 Å². The monoisotopic (exact) mass is 348 g/mol. The van der Waals surface area contributed by atoms with Crippen LogP contribution in [0.2, 0.25) is 0 Å². The van der Waals surface area contributed by atoms with Gasteiger partial charge in [0.1, 0.15) is 5.75 Å². The zero-order valence-electron chi connectivity index (χ0n) is 15.8. The summed E-state index contributed by atoms with van der Waals surface area (Å²) in [7, 11) is 0. The molecule has 0 bridgehead atoms. The van der Waals surface area contributed by atoms with Gasteiger partial charge in [0.25, 0.3) is 0 Å². The minimum Gasteiger partial charge on any atom is -0.494 e. The standard InChI is InChI=1S/C20H32N2O3/c1-16(2)19(22-9-12-24-13-10-22)15-21-20(23)8-5-11-25-18-7-4-6-17(3)14-18/h4,6-7,14,16,19H,5,8-13,15H2,1-3H3,(H,21,23). The van der Waals surface area contributed by atoms with Gasteiger partial charge >= 0.3 is 0 Å². The molecule has 1 fully saturated rings. The molecule has 1 atom stereocenters. The Morgan fingerprint density at radius 3 is 2.76 bits per heavy atom. The van der Waals surface area contributed by atoms with Gasteiger partial charge < -0.3 is 14.8 Å². The second-order valence-corrected chi connectivity index (χ2v) is 7.03. The number of nitrogens with zero attached hydrogens (tertiary/aromatic N) is 1. The molecule has 1 unspecified atom stereocenters. The topological polar surface area (TPSA) is 50.8 Å². The lowest BCUT2D eigenvalue weighted by molar-refractivity contribution is -0.121. The van der Waals surface area contributed by atoms with Crippen molar-refractivity contribution in [1.29, 1.82) is 0 Å². The number of carbonyl (C=O) groups excluding carboxylic acids is 1. The van der Waals surface area contributed by atoms with Gasteiger partial charge in [-0.1, -0.05) is 26.0 Å². The van der Waals surface area contributed by atoms with E-state index in [-0.39, 0.29) is 5.91 Å². The highest BCUT2D eigenvalue weighted by Crippen LogP contribution is 2.13. The summed E-state index contributed by atoms with van der Waals surface area (Å²) in [5.74, 6) is 1.47. The molecule has 1 aromatic carbocycles. The Labute approximate surface area is 151 Å². The largest absolute Gasteiger partial charge is 0.494 e. The van der Waals surface area contributed by atoms with Crippen LogP contribution < -0.4 is 10.1 Å². The van der Waals surface area contributed by atoms with E-state index in [2.05, 4.69) is 24.1 Å². The van der Waals surface area contributed by atoms with E-state index in [1.165, 1.54) is 5.56 Å². The maximum Gasteiger partial charge on any atom is 0.220 e. The second kappa shape index (κ2) is 10.4. The molecule has 140 valence electrons. The van der Waals surface area contributed by atoms with Gasteiger partial charge in [0.15, 0.2) is 0 Å². The smallest absolute Gasteiger partial charge is 0.220 e. The molecular formula is C20H32N2O3. The molecule has 0 aromatic heterocycles. The summed E-state index contributed by atoms with van der Waals surface area (Å²) >= 11 is 0. The molecule has 25 heavy (non-hydrogen) atoms. The predicted octanol–water partition coefficient (Wildman–Crippen LogP) is 2.63. The Kier molecular flexibility index (Phi) is 8.22. The van der Waals surface area contributed by atoms with Crippen LogP contribution in [0.5, 0.6) is 5.75 Å². The van der Waals surface area contributed by atoms with E-state index in [1.807, 2.05) is 31.2 Å². The van der Waals surface area contributed by atoms with Gasteiger partial charge in [-0.15, -0.1) is 0 Å². The number of rotatable bonds is 9. The van der Waals surface area contributed by atoms with Crippen molar-refractivity contribution < 1.29 is 14.3 Å². The molecule has 1 N–H and O–H groups in total. The molecule has 5 nitrogen and oxygen atoms in total. The number of benzene rings is 1. The van der Waals surface area contributed by atoms with Gasteiger partial charge in [0, 0.05) is 32.1 Å². The summed E-state index contributed by atoms with van der Waals surface area (Å²) in [5.41, 5.74) is 1.18. The third-order valence-corrected chi connectivity index (χ3v) is 4.60. The van der Waals surface area contributed by atoms with Crippen molar-refractivity contribution in [2.24, 2.45) is 5.92 Å². The highest BCUT2D eigenvalue weighted by atomic mass is 16.5. The quantitative estimate of drug-likeness (QED) is 0.697. The molecular weight excluding hydrogens is 316 g/mol. The molecule has 1 amide bonds. The summed E-state index contributed by atoms with van der Waals surface area (Å²) in [5, 5.41) is 3.09. The Morgan fingerprint density at radius 1 is 1.32 bits per heavy atom. The molecule has 1 aromatic rings. The average molecular weight is 348 g/mol. The summed E-state index contributed by atoms with van der Waals surface area (Å²) < 4.78 is 11.1. The van der Waals surface area contributed by atoms with Crippen LogP contribution in [-0.4, -0.2) is 56.3 Å². The van der Waals surface area contributed by atoms with Crippen LogP contribution in [0.4, 0.5) is 0 Å². The highest BCUT2D eigenvalue weighted by Gasteiger charge is 2.24. The van der Waals surface area contributed by atoms with E-state index in [4.69, 9.17) is 9.47 Å². The molecule has 1 aliphatic heterocycles. The van der Waals surface area contributed by atoms with E-state index in [0.717, 1.165) is 38.5 Å². The number of morpholine rings is 1. The fourth-order valence-corrected chi connectivity index (χ4v) is 3.13. The number of hydrogen-bond acceptors (Lipinski definition) is 4. The first-order valence-corrected chi connectivity index (χ1v) is 9.34. The van der Waals surface area contributed by atoms with Crippen molar-refractivity contribution in [1.82, 2.24) is 10.2 Å². The van der Waals surface area contributed by atoms with Crippen LogP contribution >= 0.6 is 0 Å². The van der Waals surface area contributed by atoms with Crippen LogP contribution in [0.25, 0.3) is 0 Å². The summed E-state index contributed by atoms with van der Waals surface area (Å²) in [6.45, 7) is 11.2. The number of aryl methyl sites for hydroxylation is 1. The maximum atomic E-state index is 12.1. The van der Waals surface area contributed by atoms with Gasteiger partial charge in [-0.3, -0.25) is 9.69 Å². The SMILES string of the molecule is Cc1cccc(OCCCC(=O)NCC(C(C)C)N2CCOCC2)c1. The van der Waals surface area contributed by atoms with E-state index in [9.17, 15) is 4.79 Å². The summed E-state index contributed by atoms with van der Waals surface area (Å²) in [6.07, 6.45) is 1.23. The van der Waals surface area contributed by atoms with Crippen LogP contribution in [0.15, 0.2) is 24.3 Å². The number of carbonyl (C=O) groups is 1. The predicted molar refractivity (Wildman–Crippen MR) is 99.9 cm³/mol. The second-order valence-electron chi connectivity index (χ2n) is 7.03. The molecule has 0 radical (unpaired) electrons. The summed E-state index contributed by atoms with van der Waals surface area (Å²) in [4.78, 5) is 14.5. The van der Waals surface area contributed by atoms with E-state index in [0.29, 0.717) is 31.5 Å². The zero-order chi connectivity index (χ0) is 18.1. The first kappa shape index (κ1) is 19.7. The van der Waals surface area contributed by atoms with Crippen molar-refractivity contribution in [2.45, 2.75) is 39.7 Å². The molecule has 0 aliphatic carbocycles. The van der Waals surface area contributed by atoms with Crippen molar-refractivity contribution in [2.75, 3.05) is 39.5 Å². The summed E-state index contributed by atoms with van der Waals surface area (Å²) in [6, 6.07) is 8.35. The molecule has 5 heteroatoms. The van der Waals surface area contributed by atoms with Gasteiger partial charge in [0.05, 0.1) is 19.8 Å². The van der Waals surface area contributed by atoms with Crippen molar-refractivity contribution in [3.63, 3.8) is 0 Å². The lowest BCUT2D eigenvalue weighted by atomic mass is 10.0. The Balaban J connectivity index is 1.65. The molecule has 0 saturated carbocycles. The van der Waals surface area contributed by atoms with Crippen LogP contribution in [0.3, 0.4) is 0 Å². The Hall–Kier alpha value is -1.59. The van der Waals surface area contributed by atoms with E-state index >= 15 is 0 Å². The minimum atomic E-state index is 0.103. The fourth-order valence-electron chi connectivity index (χ4n) is 3.13. The lowest BCUT2D eigenvalue weighted by Gasteiger charge is -2.36. The molecule has 1 aliphatic rings. The first-order valence-electron chi connectivity index (χ1n) is 9.34. The normalized spacial score (nSPS) is 16.6. The van der Waals surface area contributed by atoms with Crippen molar-refractivity contribution in [3.05, 3.63) is 29.8 Å². The van der Waals surface area contributed by atoms with Crippen LogP contribution in [0, 0.1) is 12.8 Å². The van der Waals surface area contributed by atoms with Gasteiger partial charge in [-0.05, 0) is 37.0 Å². The molecule has 1 saturated heterocycles. The van der Waals surface area contributed by atoms with E-state index in [1.54, 1.807) is 0 Å².